The van der Waals surface area contributed by atoms with Gasteiger partial charge in [-0.1, -0.05) is 13.8 Å². The van der Waals surface area contributed by atoms with Crippen LogP contribution in [0.4, 0.5) is 13.2 Å². The fourth-order valence-electron chi connectivity index (χ4n) is 3.08. The molecule has 0 aliphatic carbocycles. The number of halogens is 3. The molecule has 1 amide bonds. The molecule has 0 heterocycles. The minimum Gasteiger partial charge on any atom is -0.496 e. The van der Waals surface area contributed by atoms with Crippen LogP contribution in [0.15, 0.2) is 24.3 Å². The van der Waals surface area contributed by atoms with Crippen molar-refractivity contribution < 1.29 is 32.2 Å². The maximum Gasteiger partial charge on any atom is 0.234 e. The quantitative estimate of drug-likeness (QED) is 0.557. The van der Waals surface area contributed by atoms with Crippen LogP contribution in [-0.4, -0.2) is 26.2 Å². The third-order valence-corrected chi connectivity index (χ3v) is 4.65. The summed E-state index contributed by atoms with van der Waals surface area (Å²) in [5.41, 5.74) is 5.69. The van der Waals surface area contributed by atoms with E-state index in [4.69, 9.17) is 19.9 Å². The Labute approximate surface area is 179 Å². The van der Waals surface area contributed by atoms with Crippen molar-refractivity contribution in [1.29, 1.82) is 0 Å². The lowest BCUT2D eigenvalue weighted by Gasteiger charge is -2.20. The number of ether oxygens (including phenoxy) is 3. The molecule has 0 saturated heterocycles. The monoisotopic (exact) mass is 440 g/mol. The van der Waals surface area contributed by atoms with Crippen molar-refractivity contribution in [3.8, 4) is 17.2 Å². The Kier molecular flexibility index (Phi) is 8.56. The van der Waals surface area contributed by atoms with Gasteiger partial charge in [-0.05, 0) is 12.3 Å². The molecule has 1 unspecified atom stereocenters. The first-order chi connectivity index (χ1) is 14.7. The summed E-state index contributed by atoms with van der Waals surface area (Å²) in [5.74, 6) is -2.30. The standard InChI is InChI=1S/C22H27F3N2O4/c1-12(2)5-19(22(26)28)27-10-15-20(29-3)8-14(9-21(15)30-4)31-11-16-17(24)6-13(23)7-18(16)25/h6-9,12,19,27H,5,10-11H2,1-4H3,(H2,26,28). The summed E-state index contributed by atoms with van der Waals surface area (Å²) in [7, 11) is 2.89. The second-order valence-electron chi connectivity index (χ2n) is 7.41. The van der Waals surface area contributed by atoms with Crippen LogP contribution in [0.1, 0.15) is 31.4 Å². The van der Waals surface area contributed by atoms with Gasteiger partial charge in [0.25, 0.3) is 0 Å². The van der Waals surface area contributed by atoms with Gasteiger partial charge >= 0.3 is 0 Å². The van der Waals surface area contributed by atoms with E-state index in [0.29, 0.717) is 35.6 Å². The zero-order valence-corrected chi connectivity index (χ0v) is 17.9. The number of primary amides is 1. The van der Waals surface area contributed by atoms with Crippen LogP contribution in [-0.2, 0) is 17.9 Å². The predicted molar refractivity (Wildman–Crippen MR) is 109 cm³/mol. The Bertz CT molecular complexity index is 874. The summed E-state index contributed by atoms with van der Waals surface area (Å²) >= 11 is 0. The lowest BCUT2D eigenvalue weighted by atomic mass is 10.0. The fourth-order valence-corrected chi connectivity index (χ4v) is 3.08. The van der Waals surface area contributed by atoms with Crippen LogP contribution in [0.25, 0.3) is 0 Å². The van der Waals surface area contributed by atoms with Crippen LogP contribution < -0.4 is 25.3 Å². The van der Waals surface area contributed by atoms with Gasteiger partial charge in [-0.2, -0.15) is 0 Å². The number of amides is 1. The van der Waals surface area contributed by atoms with Gasteiger partial charge in [0, 0.05) is 30.8 Å². The van der Waals surface area contributed by atoms with E-state index in [2.05, 4.69) is 5.32 Å². The zero-order valence-electron chi connectivity index (χ0n) is 17.9. The Hall–Kier alpha value is -2.94. The third-order valence-electron chi connectivity index (χ3n) is 4.65. The molecule has 31 heavy (non-hydrogen) atoms. The summed E-state index contributed by atoms with van der Waals surface area (Å²) in [6.45, 7) is 3.74. The lowest BCUT2D eigenvalue weighted by Crippen LogP contribution is -2.41. The molecule has 0 bridgehead atoms. The van der Waals surface area contributed by atoms with E-state index in [9.17, 15) is 18.0 Å². The molecule has 0 aliphatic heterocycles. The van der Waals surface area contributed by atoms with Gasteiger partial charge in [-0.25, -0.2) is 13.2 Å². The van der Waals surface area contributed by atoms with E-state index >= 15 is 0 Å². The van der Waals surface area contributed by atoms with Gasteiger partial charge in [0.2, 0.25) is 5.91 Å². The number of rotatable bonds is 11. The highest BCUT2D eigenvalue weighted by Crippen LogP contribution is 2.34. The minimum absolute atomic E-state index is 0.230. The number of nitrogens with two attached hydrogens (primary N) is 1. The molecule has 2 aromatic rings. The van der Waals surface area contributed by atoms with Crippen molar-refractivity contribution in [3.05, 3.63) is 52.8 Å². The van der Waals surface area contributed by atoms with Crippen LogP contribution in [0, 0.1) is 23.4 Å². The average molecular weight is 440 g/mol. The number of methoxy groups -OCH3 is 2. The second kappa shape index (κ2) is 10.9. The summed E-state index contributed by atoms with van der Waals surface area (Å²) in [4.78, 5) is 11.7. The third kappa shape index (κ3) is 6.52. The van der Waals surface area contributed by atoms with Gasteiger partial charge in [-0.15, -0.1) is 0 Å². The van der Waals surface area contributed by atoms with Gasteiger partial charge in [0.15, 0.2) is 0 Å². The number of hydrogen-bond acceptors (Lipinski definition) is 5. The van der Waals surface area contributed by atoms with Crippen molar-refractivity contribution in [2.24, 2.45) is 11.7 Å². The topological polar surface area (TPSA) is 82.8 Å². The Morgan fingerprint density at radius 2 is 1.55 bits per heavy atom. The smallest absolute Gasteiger partial charge is 0.234 e. The predicted octanol–water partition coefficient (Wildman–Crippen LogP) is 3.69. The molecule has 2 rings (SSSR count). The molecule has 6 nitrogen and oxygen atoms in total. The van der Waals surface area contributed by atoms with Crippen molar-refractivity contribution in [2.45, 2.75) is 39.5 Å². The average Bonchev–Trinajstić information content (AvgIpc) is 2.69. The highest BCUT2D eigenvalue weighted by atomic mass is 19.1. The van der Waals surface area contributed by atoms with Gasteiger partial charge < -0.3 is 25.3 Å². The molecule has 0 aliphatic rings. The molecule has 1 atom stereocenters. The van der Waals surface area contributed by atoms with E-state index in [0.717, 1.165) is 0 Å². The lowest BCUT2D eigenvalue weighted by molar-refractivity contribution is -0.120. The molecular formula is C22H27F3N2O4. The summed E-state index contributed by atoms with van der Waals surface area (Å²) < 4.78 is 57.1. The SMILES string of the molecule is COc1cc(OCc2c(F)cc(F)cc2F)cc(OC)c1CNC(CC(C)C)C(N)=O. The normalized spacial score (nSPS) is 12.0. The number of nitrogens with one attached hydrogen (secondary N) is 1. The van der Waals surface area contributed by atoms with E-state index in [1.54, 1.807) is 0 Å². The largest absolute Gasteiger partial charge is 0.496 e. The fraction of sp³-hybridized carbons (Fsp3) is 0.409. The van der Waals surface area contributed by atoms with Crippen molar-refractivity contribution in [3.63, 3.8) is 0 Å². The minimum atomic E-state index is -1.04. The first-order valence-electron chi connectivity index (χ1n) is 9.70. The van der Waals surface area contributed by atoms with Crippen LogP contribution in [0.5, 0.6) is 17.2 Å². The van der Waals surface area contributed by atoms with Crippen molar-refractivity contribution in [1.82, 2.24) is 5.32 Å². The Morgan fingerprint density at radius 3 is 2.00 bits per heavy atom. The highest BCUT2D eigenvalue weighted by Gasteiger charge is 2.20. The molecule has 2 aromatic carbocycles. The van der Waals surface area contributed by atoms with E-state index < -0.39 is 41.6 Å². The number of benzene rings is 2. The first-order valence-corrected chi connectivity index (χ1v) is 9.70. The molecule has 0 spiro atoms. The first kappa shape index (κ1) is 24.3. The van der Waals surface area contributed by atoms with Crippen LogP contribution in [0.3, 0.4) is 0 Å². The van der Waals surface area contributed by atoms with Gasteiger partial charge in [0.1, 0.15) is 41.3 Å². The molecule has 0 radical (unpaired) electrons. The number of carbonyl (C=O) groups excluding carboxylic acids is 1. The molecule has 9 heteroatoms. The van der Waals surface area contributed by atoms with E-state index in [1.165, 1.54) is 26.4 Å². The van der Waals surface area contributed by atoms with E-state index in [-0.39, 0.29) is 18.2 Å². The zero-order chi connectivity index (χ0) is 23.1. The number of hydrogen-bond donors (Lipinski definition) is 2. The maximum atomic E-state index is 13.8. The highest BCUT2D eigenvalue weighted by molar-refractivity contribution is 5.79. The van der Waals surface area contributed by atoms with E-state index in [1.807, 2.05) is 13.8 Å². The molecule has 0 aromatic heterocycles. The van der Waals surface area contributed by atoms with Gasteiger partial charge in [-0.3, -0.25) is 4.79 Å². The summed E-state index contributed by atoms with van der Waals surface area (Å²) in [6, 6.07) is 3.70. The summed E-state index contributed by atoms with van der Waals surface area (Å²) in [5, 5.41) is 3.10. The number of carbonyl (C=O) groups is 1. The van der Waals surface area contributed by atoms with Crippen LogP contribution >= 0.6 is 0 Å². The molecule has 0 fully saturated rings. The van der Waals surface area contributed by atoms with Crippen molar-refractivity contribution in [2.75, 3.05) is 14.2 Å². The summed E-state index contributed by atoms with van der Waals surface area (Å²) in [6.07, 6.45) is 0.565. The van der Waals surface area contributed by atoms with Gasteiger partial charge in [0.05, 0.1) is 31.4 Å². The molecular weight excluding hydrogens is 413 g/mol. The maximum absolute atomic E-state index is 13.8. The Morgan fingerprint density at radius 1 is 1.00 bits per heavy atom. The molecule has 3 N–H and O–H groups in total. The Balaban J connectivity index is 2.23. The van der Waals surface area contributed by atoms with Crippen molar-refractivity contribution >= 4 is 5.91 Å². The second-order valence-corrected chi connectivity index (χ2v) is 7.41. The molecule has 0 saturated carbocycles. The molecule has 170 valence electrons. The van der Waals surface area contributed by atoms with Crippen LogP contribution in [0.2, 0.25) is 0 Å².